The van der Waals surface area contributed by atoms with Gasteiger partial charge < -0.3 is 4.74 Å². The average molecular weight is 228 g/mol. The smallest absolute Gasteiger partial charge is 0.171 e. The fourth-order valence-electron chi connectivity index (χ4n) is 1.92. The molecular weight excluding hydrogens is 214 g/mol. The SMILES string of the molecule is COc1cc([C@@H]2CCCN2N)cnc1Cl. The van der Waals surface area contributed by atoms with E-state index in [1.54, 1.807) is 13.3 Å². The van der Waals surface area contributed by atoms with Crippen LogP contribution in [0.2, 0.25) is 5.15 Å². The summed E-state index contributed by atoms with van der Waals surface area (Å²) >= 11 is 5.86. The van der Waals surface area contributed by atoms with Crippen LogP contribution in [-0.2, 0) is 0 Å². The number of methoxy groups -OCH3 is 1. The maximum atomic E-state index is 5.87. The molecule has 1 aliphatic heterocycles. The summed E-state index contributed by atoms with van der Waals surface area (Å²) in [6.45, 7) is 0.926. The number of pyridine rings is 1. The summed E-state index contributed by atoms with van der Waals surface area (Å²) in [5, 5.41) is 2.23. The van der Waals surface area contributed by atoms with Gasteiger partial charge in [0, 0.05) is 12.7 Å². The molecule has 0 bridgehead atoms. The van der Waals surface area contributed by atoms with Crippen molar-refractivity contribution in [2.24, 2.45) is 5.84 Å². The Kier molecular flexibility index (Phi) is 3.09. The Morgan fingerprint density at radius 3 is 3.07 bits per heavy atom. The number of rotatable bonds is 2. The van der Waals surface area contributed by atoms with Gasteiger partial charge in [0.1, 0.15) is 0 Å². The molecule has 1 aliphatic rings. The van der Waals surface area contributed by atoms with Crippen molar-refractivity contribution < 1.29 is 4.74 Å². The van der Waals surface area contributed by atoms with Crippen molar-refractivity contribution in [1.29, 1.82) is 0 Å². The lowest BCUT2D eigenvalue weighted by atomic mass is 10.1. The molecule has 15 heavy (non-hydrogen) atoms. The first-order chi connectivity index (χ1) is 7.22. The lowest BCUT2D eigenvalue weighted by molar-refractivity contribution is 0.265. The van der Waals surface area contributed by atoms with Gasteiger partial charge in [0.25, 0.3) is 0 Å². The molecule has 1 saturated heterocycles. The normalized spacial score (nSPS) is 21.9. The van der Waals surface area contributed by atoms with Gasteiger partial charge in [-0.15, -0.1) is 0 Å². The maximum absolute atomic E-state index is 5.87. The molecule has 0 aliphatic carbocycles. The highest BCUT2D eigenvalue weighted by molar-refractivity contribution is 6.30. The van der Waals surface area contributed by atoms with Gasteiger partial charge in [0.2, 0.25) is 0 Å². The summed E-state index contributed by atoms with van der Waals surface area (Å²) in [5.74, 6) is 6.48. The molecule has 4 nitrogen and oxygen atoms in total. The number of nitrogens with zero attached hydrogens (tertiary/aromatic N) is 2. The molecule has 0 amide bonds. The average Bonchev–Trinajstić information content (AvgIpc) is 2.65. The molecule has 0 unspecified atom stereocenters. The Morgan fingerprint density at radius 1 is 1.67 bits per heavy atom. The van der Waals surface area contributed by atoms with Crippen LogP contribution < -0.4 is 10.6 Å². The van der Waals surface area contributed by atoms with Crippen molar-refractivity contribution in [2.45, 2.75) is 18.9 Å². The summed E-state index contributed by atoms with van der Waals surface area (Å²) in [4.78, 5) is 4.09. The van der Waals surface area contributed by atoms with Gasteiger partial charge in [-0.05, 0) is 24.5 Å². The molecule has 0 aromatic carbocycles. The van der Waals surface area contributed by atoms with Crippen LogP contribution in [0.1, 0.15) is 24.4 Å². The summed E-state index contributed by atoms with van der Waals surface area (Å²) in [6.07, 6.45) is 3.94. The molecule has 0 spiro atoms. The van der Waals surface area contributed by atoms with Crippen molar-refractivity contribution in [3.05, 3.63) is 23.0 Å². The highest BCUT2D eigenvalue weighted by Crippen LogP contribution is 2.32. The molecule has 2 heterocycles. The highest BCUT2D eigenvalue weighted by Gasteiger charge is 2.24. The minimum Gasteiger partial charge on any atom is -0.494 e. The molecule has 5 heteroatoms. The number of hydrogen-bond acceptors (Lipinski definition) is 4. The summed E-state index contributed by atoms with van der Waals surface area (Å²) in [5.41, 5.74) is 1.07. The Labute approximate surface area is 94.0 Å². The first-order valence-electron chi connectivity index (χ1n) is 4.93. The molecule has 82 valence electrons. The van der Waals surface area contributed by atoms with Gasteiger partial charge in [-0.1, -0.05) is 11.6 Å². The third kappa shape index (κ3) is 2.07. The third-order valence-electron chi connectivity index (χ3n) is 2.73. The monoisotopic (exact) mass is 227 g/mol. The second-order valence-electron chi connectivity index (χ2n) is 3.66. The van der Waals surface area contributed by atoms with Crippen molar-refractivity contribution in [1.82, 2.24) is 9.99 Å². The van der Waals surface area contributed by atoms with Crippen LogP contribution in [0.5, 0.6) is 5.75 Å². The molecular formula is C10H14ClN3O. The van der Waals surface area contributed by atoms with Crippen LogP contribution in [0.4, 0.5) is 0 Å². The van der Waals surface area contributed by atoms with Crippen LogP contribution in [0.25, 0.3) is 0 Å². The van der Waals surface area contributed by atoms with E-state index in [4.69, 9.17) is 22.2 Å². The number of ether oxygens (including phenoxy) is 1. The van der Waals surface area contributed by atoms with E-state index < -0.39 is 0 Å². The largest absolute Gasteiger partial charge is 0.494 e. The van der Waals surface area contributed by atoms with E-state index >= 15 is 0 Å². The maximum Gasteiger partial charge on any atom is 0.171 e. The van der Waals surface area contributed by atoms with Crippen LogP contribution >= 0.6 is 11.6 Å². The summed E-state index contributed by atoms with van der Waals surface area (Å²) < 4.78 is 5.13. The molecule has 1 aromatic rings. The van der Waals surface area contributed by atoms with Crippen LogP contribution in [0.15, 0.2) is 12.3 Å². The first kappa shape index (κ1) is 10.7. The predicted molar refractivity (Wildman–Crippen MR) is 58.7 cm³/mol. The summed E-state index contributed by atoms with van der Waals surface area (Å²) in [6, 6.07) is 2.15. The molecule has 0 radical (unpaired) electrons. The Morgan fingerprint density at radius 2 is 2.47 bits per heavy atom. The number of hydrogen-bond donors (Lipinski definition) is 1. The van der Waals surface area contributed by atoms with E-state index in [2.05, 4.69) is 4.98 Å². The van der Waals surface area contributed by atoms with E-state index in [0.29, 0.717) is 10.9 Å². The molecule has 2 N–H and O–H groups in total. The van der Waals surface area contributed by atoms with Gasteiger partial charge in [-0.3, -0.25) is 5.84 Å². The Balaban J connectivity index is 2.28. The second-order valence-corrected chi connectivity index (χ2v) is 4.02. The van der Waals surface area contributed by atoms with E-state index in [1.807, 2.05) is 11.1 Å². The van der Waals surface area contributed by atoms with E-state index in [0.717, 1.165) is 24.9 Å². The molecule has 0 saturated carbocycles. The van der Waals surface area contributed by atoms with Crippen LogP contribution in [0.3, 0.4) is 0 Å². The number of hydrazine groups is 1. The van der Waals surface area contributed by atoms with Crippen LogP contribution in [0, 0.1) is 0 Å². The molecule has 1 aromatic heterocycles. The lowest BCUT2D eigenvalue weighted by Crippen LogP contribution is -2.30. The van der Waals surface area contributed by atoms with Gasteiger partial charge in [0.05, 0.1) is 13.2 Å². The van der Waals surface area contributed by atoms with Crippen molar-refractivity contribution in [3.8, 4) is 5.75 Å². The predicted octanol–water partition coefficient (Wildman–Crippen LogP) is 1.75. The number of aromatic nitrogens is 1. The standard InChI is InChI=1S/C10H14ClN3O/c1-15-9-5-7(6-13-10(9)11)8-3-2-4-14(8)12/h5-6,8H,2-4,12H2,1H3/t8-/m0/s1. The fraction of sp³-hybridized carbons (Fsp3) is 0.500. The number of halogens is 1. The van der Waals surface area contributed by atoms with Gasteiger partial charge in [-0.25, -0.2) is 9.99 Å². The lowest BCUT2D eigenvalue weighted by Gasteiger charge is -2.19. The van der Waals surface area contributed by atoms with Crippen molar-refractivity contribution >= 4 is 11.6 Å². The number of nitrogens with two attached hydrogens (primary N) is 1. The minimum atomic E-state index is 0.240. The molecule has 2 rings (SSSR count). The van der Waals surface area contributed by atoms with Crippen LogP contribution in [-0.4, -0.2) is 23.6 Å². The zero-order chi connectivity index (χ0) is 10.8. The first-order valence-corrected chi connectivity index (χ1v) is 5.31. The van der Waals surface area contributed by atoms with Gasteiger partial charge in [-0.2, -0.15) is 0 Å². The van der Waals surface area contributed by atoms with Crippen molar-refractivity contribution in [3.63, 3.8) is 0 Å². The Bertz CT molecular complexity index is 359. The molecule has 1 atom stereocenters. The third-order valence-corrected chi connectivity index (χ3v) is 3.01. The Hall–Kier alpha value is -0.840. The topological polar surface area (TPSA) is 51.4 Å². The highest BCUT2D eigenvalue weighted by atomic mass is 35.5. The molecule has 1 fully saturated rings. The zero-order valence-electron chi connectivity index (χ0n) is 8.61. The van der Waals surface area contributed by atoms with E-state index in [-0.39, 0.29) is 6.04 Å². The van der Waals surface area contributed by atoms with E-state index in [9.17, 15) is 0 Å². The van der Waals surface area contributed by atoms with Gasteiger partial charge >= 0.3 is 0 Å². The van der Waals surface area contributed by atoms with Crippen molar-refractivity contribution in [2.75, 3.05) is 13.7 Å². The second kappa shape index (κ2) is 4.35. The van der Waals surface area contributed by atoms with Gasteiger partial charge in [0.15, 0.2) is 10.9 Å². The zero-order valence-corrected chi connectivity index (χ0v) is 9.37. The minimum absolute atomic E-state index is 0.240. The fourth-order valence-corrected chi connectivity index (χ4v) is 2.10. The summed E-state index contributed by atoms with van der Waals surface area (Å²) in [7, 11) is 1.58. The van der Waals surface area contributed by atoms with E-state index in [1.165, 1.54) is 0 Å². The quantitative estimate of drug-likeness (QED) is 0.618.